The minimum absolute atomic E-state index is 0. The molecule has 11 heteroatoms. The van der Waals surface area contributed by atoms with Crippen molar-refractivity contribution in [3.63, 3.8) is 0 Å². The Morgan fingerprint density at radius 2 is 0.727 bits per heavy atom. The van der Waals surface area contributed by atoms with Gasteiger partial charge >= 0.3 is 96.8 Å². The van der Waals surface area contributed by atoms with Gasteiger partial charge in [0.1, 0.15) is 0 Å². The molecule has 0 aromatic rings. The molecule has 11 heavy (non-hydrogen) atoms. The summed E-state index contributed by atoms with van der Waals surface area (Å²) in [6.45, 7) is 0. The number of hydrogen-bond donors (Lipinski definition) is 4. The van der Waals surface area contributed by atoms with Crippen molar-refractivity contribution >= 4 is 37.7 Å². The summed E-state index contributed by atoms with van der Waals surface area (Å²) in [5, 5.41) is 0. The molecule has 0 saturated heterocycles. The molecule has 0 aliphatic rings. The van der Waals surface area contributed by atoms with E-state index in [0.29, 0.717) is 0 Å². The first-order valence-corrected chi connectivity index (χ1v) is 5.76. The molecule has 0 saturated carbocycles. The van der Waals surface area contributed by atoms with E-state index in [4.69, 9.17) is 31.8 Å². The molecule has 0 bridgehead atoms. The van der Waals surface area contributed by atoms with Gasteiger partial charge in [0, 0.05) is 0 Å². The molecule has 0 unspecified atom stereocenters. The second-order valence-corrected chi connectivity index (χ2v) is 3.69. The topological polar surface area (TPSA) is 149 Å². The molecule has 68 valence electrons. The molecular formula is H6CaCr2O8. The van der Waals surface area contributed by atoms with Gasteiger partial charge in [-0.15, -0.1) is 0 Å². The zero-order valence-corrected chi connectivity index (χ0v) is 9.70. The Bertz CT molecular complexity index is 217. The van der Waals surface area contributed by atoms with Crippen molar-refractivity contribution in [2.45, 2.75) is 0 Å². The van der Waals surface area contributed by atoms with E-state index in [0.717, 1.165) is 0 Å². The summed E-state index contributed by atoms with van der Waals surface area (Å²) < 4.78 is 63.8. The molecule has 0 aliphatic heterocycles. The number of hydrogen-bond acceptors (Lipinski definition) is 4. The van der Waals surface area contributed by atoms with Gasteiger partial charge in [-0.25, -0.2) is 0 Å². The maximum atomic E-state index is 8.82. The molecule has 0 aliphatic carbocycles. The van der Waals surface area contributed by atoms with Crippen LogP contribution in [0.3, 0.4) is 0 Å². The standard InChI is InChI=1S/Ca.2Cr.4H2O.4O.2H/h;;;4*1H2;;;;;;/q3*+2;;;;;;;;;2*-1/p-4. The normalized spacial score (nSPS) is 10.5. The molecular weight excluding hydrogens is 272 g/mol. The summed E-state index contributed by atoms with van der Waals surface area (Å²) in [6.07, 6.45) is 0. The van der Waals surface area contributed by atoms with E-state index in [2.05, 4.69) is 0 Å². The van der Waals surface area contributed by atoms with Crippen LogP contribution in [0.15, 0.2) is 0 Å². The Morgan fingerprint density at radius 3 is 0.727 bits per heavy atom. The van der Waals surface area contributed by atoms with Crippen LogP contribution in [0, 0.1) is 0 Å². The van der Waals surface area contributed by atoms with E-state index >= 15 is 0 Å². The first kappa shape index (κ1) is 18.2. The van der Waals surface area contributed by atoms with Crippen LogP contribution >= 0.6 is 0 Å². The minimum atomic E-state index is -5.25. The molecule has 8 nitrogen and oxygen atoms in total. The molecule has 4 N–H and O–H groups in total. The molecule has 0 atom stereocenters. The van der Waals surface area contributed by atoms with Gasteiger partial charge in [-0.2, -0.15) is 0 Å². The molecule has 0 aromatic carbocycles. The van der Waals surface area contributed by atoms with Crippen LogP contribution in [0.5, 0.6) is 0 Å². The second kappa shape index (κ2) is 6.84. The fraction of sp³-hybridized carbons (Fsp3) is 0. The van der Waals surface area contributed by atoms with Crippen LogP contribution in [-0.2, 0) is 42.4 Å². The molecule has 0 spiro atoms. The molecule has 0 heterocycles. The van der Waals surface area contributed by atoms with Crippen molar-refractivity contribution < 1.29 is 61.9 Å². The summed E-state index contributed by atoms with van der Waals surface area (Å²) in [5.74, 6) is 0. The average molecular weight is 278 g/mol. The van der Waals surface area contributed by atoms with Crippen molar-refractivity contribution in [2.75, 3.05) is 0 Å². The zero-order valence-electron chi connectivity index (χ0n) is 6.95. The third kappa shape index (κ3) is 535. The molecule has 0 amide bonds. The fourth-order valence-corrected chi connectivity index (χ4v) is 0. The predicted molar refractivity (Wildman–Crippen MR) is 19.6 cm³/mol. The van der Waals surface area contributed by atoms with E-state index in [1.54, 1.807) is 0 Å². The summed E-state index contributed by atoms with van der Waals surface area (Å²) in [7, 11) is 0. The quantitative estimate of drug-likeness (QED) is 0.345. The first-order valence-electron chi connectivity index (χ1n) is 1.40. The summed E-state index contributed by atoms with van der Waals surface area (Å²) in [4.78, 5) is 0. The zero-order chi connectivity index (χ0) is 9.00. The van der Waals surface area contributed by atoms with E-state index in [1.165, 1.54) is 0 Å². The van der Waals surface area contributed by atoms with E-state index < -0.39 is 27.2 Å². The fourth-order valence-electron chi connectivity index (χ4n) is 0. The monoisotopic (exact) mass is 278 g/mol. The van der Waals surface area contributed by atoms with Gasteiger partial charge in [-0.05, 0) is 0 Å². The summed E-state index contributed by atoms with van der Waals surface area (Å²) in [6, 6.07) is 0. The van der Waals surface area contributed by atoms with Crippen molar-refractivity contribution in [1.82, 2.24) is 0 Å². The Labute approximate surface area is 98.6 Å². The van der Waals surface area contributed by atoms with Gasteiger partial charge in [-0.1, -0.05) is 0 Å². The van der Waals surface area contributed by atoms with Crippen molar-refractivity contribution in [3.8, 4) is 0 Å². The summed E-state index contributed by atoms with van der Waals surface area (Å²) in [5.41, 5.74) is 0. The van der Waals surface area contributed by atoms with Gasteiger partial charge in [0.05, 0.1) is 0 Å². The van der Waals surface area contributed by atoms with E-state index in [-0.39, 0.29) is 40.6 Å². The molecule has 0 fully saturated rings. The van der Waals surface area contributed by atoms with Crippen molar-refractivity contribution in [1.29, 1.82) is 0 Å². The summed E-state index contributed by atoms with van der Waals surface area (Å²) >= 11 is -10.5. The Morgan fingerprint density at radius 1 is 0.727 bits per heavy atom. The Balaban J connectivity index is -0.0000000267. The number of rotatable bonds is 0. The Kier molecular flexibility index (Phi) is 11.3. The van der Waals surface area contributed by atoms with E-state index in [1.807, 2.05) is 0 Å². The second-order valence-electron chi connectivity index (χ2n) is 0.896. The van der Waals surface area contributed by atoms with Crippen LogP contribution in [0.2, 0.25) is 0 Å². The van der Waals surface area contributed by atoms with Gasteiger partial charge in [0.15, 0.2) is 0 Å². The molecule has 0 radical (unpaired) electrons. The van der Waals surface area contributed by atoms with Crippen LogP contribution < -0.4 is 0 Å². The third-order valence-corrected chi connectivity index (χ3v) is 0. The van der Waals surface area contributed by atoms with Crippen molar-refractivity contribution in [2.24, 2.45) is 0 Å². The van der Waals surface area contributed by atoms with Crippen molar-refractivity contribution in [3.05, 3.63) is 0 Å². The third-order valence-electron chi connectivity index (χ3n) is 0. The van der Waals surface area contributed by atoms with Gasteiger partial charge < -0.3 is 2.85 Å². The Hall–Kier alpha value is 1.36. The first-order chi connectivity index (χ1) is 4.00. The van der Waals surface area contributed by atoms with Crippen LogP contribution in [0.25, 0.3) is 0 Å². The van der Waals surface area contributed by atoms with Gasteiger partial charge in [0.25, 0.3) is 0 Å². The SMILES string of the molecule is [Ca+2].[H-].[H-].[O]=[Cr](=[O])([OH])[OH].[O]=[Cr](=[O])([OH])[OH]. The maximum absolute atomic E-state index is 8.82. The van der Waals surface area contributed by atoms with Crippen LogP contribution in [0.4, 0.5) is 0 Å². The van der Waals surface area contributed by atoms with Crippen LogP contribution in [0.1, 0.15) is 2.85 Å². The molecule has 0 rings (SSSR count). The molecule has 0 aromatic heterocycles. The van der Waals surface area contributed by atoms with E-state index in [9.17, 15) is 0 Å². The average Bonchev–Trinajstić information content (AvgIpc) is 1.12. The van der Waals surface area contributed by atoms with Gasteiger partial charge in [-0.3, -0.25) is 0 Å². The predicted octanol–water partition coefficient (Wildman–Crippen LogP) is -2.86. The van der Waals surface area contributed by atoms with Gasteiger partial charge in [0.2, 0.25) is 0 Å². The van der Waals surface area contributed by atoms with Crippen LogP contribution in [-0.4, -0.2) is 54.4 Å².